The summed E-state index contributed by atoms with van der Waals surface area (Å²) in [5.41, 5.74) is -3.01. The monoisotopic (exact) mass is 360 g/mol. The van der Waals surface area contributed by atoms with Gasteiger partial charge in [0.1, 0.15) is 11.5 Å². The Balaban J connectivity index is 1.83. The number of carbonyl (C=O) groups is 2. The Morgan fingerprint density at radius 1 is 1.19 bits per heavy atom. The number of rotatable bonds is 0. The molecule has 6 heteroatoms. The third-order valence-corrected chi connectivity index (χ3v) is 8.32. The van der Waals surface area contributed by atoms with Gasteiger partial charge in [0, 0.05) is 22.7 Å². The van der Waals surface area contributed by atoms with Crippen molar-refractivity contribution in [2.24, 2.45) is 34.0 Å². The number of fused-ring (bicyclic) bond motifs is 2. The van der Waals surface area contributed by atoms with Gasteiger partial charge in [0.15, 0.2) is 11.6 Å². The molecule has 4 bridgehead atoms. The van der Waals surface area contributed by atoms with Crippen LogP contribution in [-0.4, -0.2) is 51.5 Å². The molecule has 6 aliphatic rings. The molecule has 2 spiro atoms. The summed E-state index contributed by atoms with van der Waals surface area (Å²) in [4.78, 5) is 25.8. The molecule has 6 rings (SSSR count). The first-order chi connectivity index (χ1) is 12.1. The molecular weight excluding hydrogens is 336 g/mol. The van der Waals surface area contributed by atoms with E-state index in [0.29, 0.717) is 18.4 Å². The highest BCUT2D eigenvalue weighted by Gasteiger charge is 2.85. The molecule has 0 unspecified atom stereocenters. The van der Waals surface area contributed by atoms with Crippen LogP contribution in [-0.2, 0) is 14.3 Å². The van der Waals surface area contributed by atoms with E-state index < -0.39 is 57.8 Å². The normalized spacial score (nSPS) is 56.5. The maximum absolute atomic E-state index is 13.3. The highest BCUT2D eigenvalue weighted by Crippen LogP contribution is 2.75. The van der Waals surface area contributed by atoms with Crippen molar-refractivity contribution in [1.82, 2.24) is 0 Å². The van der Waals surface area contributed by atoms with Crippen LogP contribution in [0.4, 0.5) is 0 Å². The van der Waals surface area contributed by atoms with Gasteiger partial charge in [0.05, 0.1) is 12.7 Å². The Bertz CT molecular complexity index is 798. The summed E-state index contributed by atoms with van der Waals surface area (Å²) in [5.74, 6) is -4.17. The van der Waals surface area contributed by atoms with Crippen molar-refractivity contribution in [3.05, 3.63) is 24.3 Å². The van der Waals surface area contributed by atoms with Gasteiger partial charge in [-0.3, -0.25) is 9.59 Å². The molecule has 26 heavy (non-hydrogen) atoms. The number of hydrogen-bond acceptors (Lipinski definition) is 6. The van der Waals surface area contributed by atoms with Gasteiger partial charge >= 0.3 is 0 Å². The van der Waals surface area contributed by atoms with Gasteiger partial charge in [-0.05, 0) is 30.4 Å². The molecule has 5 fully saturated rings. The van der Waals surface area contributed by atoms with E-state index >= 15 is 0 Å². The first-order valence-corrected chi connectivity index (χ1v) is 9.26. The molecule has 0 amide bonds. The summed E-state index contributed by atoms with van der Waals surface area (Å²) < 4.78 is 5.77. The number of ketones is 2. The van der Waals surface area contributed by atoms with Crippen molar-refractivity contribution >= 4 is 11.6 Å². The van der Waals surface area contributed by atoms with Crippen LogP contribution in [0.1, 0.15) is 26.7 Å². The Hall–Kier alpha value is -1.34. The van der Waals surface area contributed by atoms with Crippen LogP contribution in [0.25, 0.3) is 0 Å². The number of allylic oxidation sites excluding steroid dienone is 1. The summed E-state index contributed by atoms with van der Waals surface area (Å²) in [6, 6.07) is 0. The minimum absolute atomic E-state index is 0.113. The van der Waals surface area contributed by atoms with E-state index in [1.54, 1.807) is 19.9 Å². The van der Waals surface area contributed by atoms with Gasteiger partial charge in [-0.25, -0.2) is 0 Å². The van der Waals surface area contributed by atoms with E-state index in [1.165, 1.54) is 6.08 Å². The van der Waals surface area contributed by atoms with Crippen molar-refractivity contribution in [2.75, 3.05) is 6.61 Å². The molecule has 140 valence electrons. The van der Waals surface area contributed by atoms with Crippen LogP contribution in [0.3, 0.4) is 0 Å². The third kappa shape index (κ3) is 1.32. The zero-order valence-electron chi connectivity index (χ0n) is 14.9. The van der Waals surface area contributed by atoms with Gasteiger partial charge in [-0.15, -0.1) is 0 Å². The lowest BCUT2D eigenvalue weighted by Crippen LogP contribution is -2.83. The van der Waals surface area contributed by atoms with E-state index in [2.05, 4.69) is 6.58 Å². The fourth-order valence-electron chi connectivity index (χ4n) is 7.21. The molecule has 0 aromatic carbocycles. The van der Waals surface area contributed by atoms with Gasteiger partial charge in [-0.1, -0.05) is 26.5 Å². The summed E-state index contributed by atoms with van der Waals surface area (Å²) in [6.07, 6.45) is 1.88. The van der Waals surface area contributed by atoms with Crippen LogP contribution < -0.4 is 0 Å². The maximum atomic E-state index is 13.3. The number of hydrogen-bond donors (Lipinski definition) is 3. The molecule has 0 aromatic heterocycles. The number of aliphatic hydroxyl groups excluding tert-OH is 2. The van der Waals surface area contributed by atoms with Crippen LogP contribution in [0, 0.1) is 34.0 Å². The predicted octanol–water partition coefficient (Wildman–Crippen LogP) is 0.360. The molecule has 2 aliphatic heterocycles. The van der Waals surface area contributed by atoms with E-state index in [-0.39, 0.29) is 12.4 Å². The maximum Gasteiger partial charge on any atom is 0.208 e. The average Bonchev–Trinajstić information content (AvgIpc) is 2.69. The van der Waals surface area contributed by atoms with Gasteiger partial charge in [0.25, 0.3) is 0 Å². The second-order valence-electron chi connectivity index (χ2n) is 9.34. The highest BCUT2D eigenvalue weighted by molar-refractivity contribution is 6.05. The molecule has 2 heterocycles. The molecule has 3 N–H and O–H groups in total. The van der Waals surface area contributed by atoms with Gasteiger partial charge in [0.2, 0.25) is 5.79 Å². The Morgan fingerprint density at radius 2 is 1.88 bits per heavy atom. The lowest BCUT2D eigenvalue weighted by Gasteiger charge is -2.72. The topological polar surface area (TPSA) is 104 Å². The summed E-state index contributed by atoms with van der Waals surface area (Å²) in [5, 5.41) is 33.9. The standard InChI is InChI=1S/C20H24O6/c1-9-10-4-5-11-18-7-6-12(21)17(2,3)13(18)16(24)20(25,26-8-18)19(11,14(9)22)15(10)23/h6-7,10-11,13,15-16,23-25H,1,4-5,8H2,2-3H3/t10-,11-,13+,15+,16-,18+,19-,20+/m0/s1. The summed E-state index contributed by atoms with van der Waals surface area (Å²) in [7, 11) is 0. The SMILES string of the molecule is C=C1C(=O)[C@]23[C@H](O)[C@H]1CC[C@H]2[C@]12C=CC(=O)C(C)(C)[C@H]1[C@H](O)[C@@]3(O)OC2. The molecule has 4 aliphatic carbocycles. The van der Waals surface area contributed by atoms with Crippen molar-refractivity contribution in [3.63, 3.8) is 0 Å². The highest BCUT2D eigenvalue weighted by atomic mass is 16.6. The van der Waals surface area contributed by atoms with Crippen LogP contribution >= 0.6 is 0 Å². The lowest BCUT2D eigenvalue weighted by atomic mass is 9.37. The molecule has 3 saturated carbocycles. The van der Waals surface area contributed by atoms with Crippen LogP contribution in [0.2, 0.25) is 0 Å². The molecule has 8 atom stereocenters. The fraction of sp³-hybridized carbons (Fsp3) is 0.700. The zero-order chi connectivity index (χ0) is 18.9. The molecule has 0 radical (unpaired) electrons. The number of carbonyl (C=O) groups excluding carboxylic acids is 2. The number of Topliss-reactive ketones (excluding diaryl/α,β-unsaturated/α-hetero) is 1. The van der Waals surface area contributed by atoms with Gasteiger partial charge in [-0.2, -0.15) is 0 Å². The van der Waals surface area contributed by atoms with E-state index in [9.17, 15) is 24.9 Å². The second kappa shape index (κ2) is 4.38. The third-order valence-electron chi connectivity index (χ3n) is 8.32. The lowest BCUT2D eigenvalue weighted by molar-refractivity contribution is -0.434. The van der Waals surface area contributed by atoms with Crippen molar-refractivity contribution in [1.29, 1.82) is 0 Å². The van der Waals surface area contributed by atoms with E-state index in [4.69, 9.17) is 4.74 Å². The largest absolute Gasteiger partial charge is 0.391 e. The van der Waals surface area contributed by atoms with Crippen molar-refractivity contribution < 1.29 is 29.6 Å². The molecule has 0 aromatic rings. The number of ether oxygens (including phenoxy) is 1. The molecular formula is C20H24O6. The predicted molar refractivity (Wildman–Crippen MR) is 89.6 cm³/mol. The smallest absolute Gasteiger partial charge is 0.208 e. The summed E-state index contributed by atoms with van der Waals surface area (Å²) in [6.45, 7) is 7.51. The molecule has 2 saturated heterocycles. The Labute approximate surface area is 151 Å². The van der Waals surface area contributed by atoms with Gasteiger partial charge < -0.3 is 20.1 Å². The first-order valence-electron chi connectivity index (χ1n) is 9.26. The van der Waals surface area contributed by atoms with Crippen LogP contribution in [0.5, 0.6) is 0 Å². The first kappa shape index (κ1) is 16.8. The average molecular weight is 360 g/mol. The Kier molecular flexibility index (Phi) is 2.83. The number of aliphatic hydroxyl groups is 3. The minimum Gasteiger partial charge on any atom is -0.391 e. The van der Waals surface area contributed by atoms with E-state index in [0.717, 1.165) is 0 Å². The second-order valence-corrected chi connectivity index (χ2v) is 9.34. The Morgan fingerprint density at radius 3 is 2.58 bits per heavy atom. The van der Waals surface area contributed by atoms with E-state index in [1.807, 2.05) is 0 Å². The summed E-state index contributed by atoms with van der Waals surface area (Å²) >= 11 is 0. The van der Waals surface area contributed by atoms with Crippen molar-refractivity contribution in [2.45, 2.75) is 44.7 Å². The van der Waals surface area contributed by atoms with Crippen LogP contribution in [0.15, 0.2) is 24.3 Å². The fourth-order valence-corrected chi connectivity index (χ4v) is 7.21. The quantitative estimate of drug-likeness (QED) is 0.539. The zero-order valence-corrected chi connectivity index (χ0v) is 14.9. The molecule has 6 nitrogen and oxygen atoms in total. The van der Waals surface area contributed by atoms with Crippen molar-refractivity contribution in [3.8, 4) is 0 Å². The minimum atomic E-state index is -2.22.